The molecule has 0 saturated heterocycles. The summed E-state index contributed by atoms with van der Waals surface area (Å²) in [4.78, 5) is 12.3. The minimum atomic E-state index is -4.39. The molecule has 2 rings (SSSR count). The average molecular weight is 366 g/mol. The molecule has 138 valence electrons. The zero-order valence-electron chi connectivity index (χ0n) is 14.2. The molecule has 4 nitrogen and oxygen atoms in total. The van der Waals surface area contributed by atoms with Gasteiger partial charge in [0.15, 0.2) is 12.4 Å². The van der Waals surface area contributed by atoms with E-state index in [1.54, 1.807) is 36.4 Å². The molecule has 7 heteroatoms. The number of benzene rings is 2. The Bertz CT molecular complexity index is 780. The molecule has 0 heterocycles. The molecule has 0 aliphatic rings. The number of methoxy groups -OCH3 is 2. The molecule has 0 spiro atoms. The van der Waals surface area contributed by atoms with Gasteiger partial charge >= 0.3 is 6.18 Å². The molecule has 0 fully saturated rings. The molecule has 0 aliphatic heterocycles. The smallest absolute Gasteiger partial charge is 0.422 e. The van der Waals surface area contributed by atoms with Crippen LogP contribution in [0.2, 0.25) is 0 Å². The van der Waals surface area contributed by atoms with E-state index >= 15 is 0 Å². The third kappa shape index (κ3) is 5.54. The molecular weight excluding hydrogens is 349 g/mol. The Labute approximate surface area is 148 Å². The summed E-state index contributed by atoms with van der Waals surface area (Å²) < 4.78 is 51.2. The molecule has 0 radical (unpaired) electrons. The number of halogens is 3. The lowest BCUT2D eigenvalue weighted by molar-refractivity contribution is -0.153. The minimum absolute atomic E-state index is 0.0997. The Morgan fingerprint density at radius 1 is 1.00 bits per heavy atom. The number of alkyl halides is 3. The molecule has 2 aromatic carbocycles. The highest BCUT2D eigenvalue weighted by Gasteiger charge is 2.28. The van der Waals surface area contributed by atoms with Crippen molar-refractivity contribution < 1.29 is 32.2 Å². The fourth-order valence-corrected chi connectivity index (χ4v) is 2.10. The van der Waals surface area contributed by atoms with Gasteiger partial charge in [-0.3, -0.25) is 4.79 Å². The van der Waals surface area contributed by atoms with E-state index in [0.29, 0.717) is 22.6 Å². The van der Waals surface area contributed by atoms with Crippen LogP contribution in [-0.4, -0.2) is 32.8 Å². The summed E-state index contributed by atoms with van der Waals surface area (Å²) in [5, 5.41) is 0. The van der Waals surface area contributed by atoms with E-state index in [-0.39, 0.29) is 11.5 Å². The predicted molar refractivity (Wildman–Crippen MR) is 90.9 cm³/mol. The maximum atomic E-state index is 12.3. The van der Waals surface area contributed by atoms with E-state index in [0.717, 1.165) is 0 Å². The van der Waals surface area contributed by atoms with E-state index in [9.17, 15) is 18.0 Å². The van der Waals surface area contributed by atoms with Crippen molar-refractivity contribution in [3.8, 4) is 17.2 Å². The third-order valence-corrected chi connectivity index (χ3v) is 3.38. The number of hydrogen-bond acceptors (Lipinski definition) is 4. The molecule has 0 aromatic heterocycles. The standard InChI is InChI=1S/C19H17F3O4/c1-24-15-8-9-16(18(11-15)25-2)17(23)10-5-13-3-6-14(7-4-13)26-12-19(20,21)22/h3-11H,12H2,1-2H3. The first-order valence-corrected chi connectivity index (χ1v) is 7.56. The fourth-order valence-electron chi connectivity index (χ4n) is 2.10. The van der Waals surface area contributed by atoms with Crippen molar-refractivity contribution in [3.05, 3.63) is 59.7 Å². The molecular formula is C19H17F3O4. The Hall–Kier alpha value is -2.96. The Balaban J connectivity index is 2.06. The van der Waals surface area contributed by atoms with Crippen LogP contribution in [-0.2, 0) is 0 Å². The van der Waals surface area contributed by atoms with Crippen molar-refractivity contribution in [2.24, 2.45) is 0 Å². The summed E-state index contributed by atoms with van der Waals surface area (Å²) in [7, 11) is 2.97. The van der Waals surface area contributed by atoms with Crippen LogP contribution in [0.3, 0.4) is 0 Å². The van der Waals surface area contributed by atoms with Crippen LogP contribution in [0.4, 0.5) is 13.2 Å². The second kappa shape index (κ2) is 8.42. The summed E-state index contributed by atoms with van der Waals surface area (Å²) >= 11 is 0. The Morgan fingerprint density at radius 2 is 1.65 bits per heavy atom. The highest BCUT2D eigenvalue weighted by Crippen LogP contribution is 2.25. The number of rotatable bonds is 7. The van der Waals surface area contributed by atoms with Crippen molar-refractivity contribution in [2.45, 2.75) is 6.18 Å². The maximum absolute atomic E-state index is 12.3. The van der Waals surface area contributed by atoms with E-state index in [4.69, 9.17) is 9.47 Å². The highest BCUT2D eigenvalue weighted by molar-refractivity contribution is 6.08. The molecule has 0 bridgehead atoms. The van der Waals surface area contributed by atoms with Crippen molar-refractivity contribution in [1.29, 1.82) is 0 Å². The van der Waals surface area contributed by atoms with Crippen LogP contribution in [0.15, 0.2) is 48.5 Å². The minimum Gasteiger partial charge on any atom is -0.497 e. The number of carbonyl (C=O) groups is 1. The molecule has 2 aromatic rings. The second-order valence-corrected chi connectivity index (χ2v) is 5.24. The SMILES string of the molecule is COc1ccc(C(=O)C=Cc2ccc(OCC(F)(F)F)cc2)c(OC)c1. The molecule has 0 aliphatic carbocycles. The van der Waals surface area contributed by atoms with Gasteiger partial charge in [-0.15, -0.1) is 0 Å². The lowest BCUT2D eigenvalue weighted by Crippen LogP contribution is -2.19. The van der Waals surface area contributed by atoms with Gasteiger partial charge in [-0.05, 0) is 35.9 Å². The average Bonchev–Trinajstić information content (AvgIpc) is 2.64. The van der Waals surface area contributed by atoms with Crippen LogP contribution in [0.1, 0.15) is 15.9 Å². The molecule has 0 atom stereocenters. The predicted octanol–water partition coefficient (Wildman–Crippen LogP) is 4.54. The van der Waals surface area contributed by atoms with Crippen LogP contribution in [0.25, 0.3) is 6.08 Å². The van der Waals surface area contributed by atoms with Gasteiger partial charge in [-0.25, -0.2) is 0 Å². The topological polar surface area (TPSA) is 44.8 Å². The van der Waals surface area contributed by atoms with Gasteiger partial charge in [0, 0.05) is 6.07 Å². The summed E-state index contributed by atoms with van der Waals surface area (Å²) in [6, 6.07) is 10.8. The van der Waals surface area contributed by atoms with E-state index in [1.165, 1.54) is 32.4 Å². The van der Waals surface area contributed by atoms with E-state index in [2.05, 4.69) is 4.74 Å². The molecule has 0 unspecified atom stereocenters. The largest absolute Gasteiger partial charge is 0.497 e. The Kier molecular flexibility index (Phi) is 6.27. The summed E-state index contributed by atoms with van der Waals surface area (Å²) in [6.07, 6.45) is -1.47. The first-order valence-electron chi connectivity index (χ1n) is 7.56. The number of hydrogen-bond donors (Lipinski definition) is 0. The van der Waals surface area contributed by atoms with E-state index in [1.807, 2.05) is 0 Å². The van der Waals surface area contributed by atoms with Gasteiger partial charge in [0.05, 0.1) is 19.8 Å². The molecule has 0 N–H and O–H groups in total. The summed E-state index contributed by atoms with van der Waals surface area (Å²) in [5.41, 5.74) is 1.01. The van der Waals surface area contributed by atoms with Gasteiger partial charge < -0.3 is 14.2 Å². The van der Waals surface area contributed by atoms with Crippen LogP contribution in [0, 0.1) is 0 Å². The van der Waals surface area contributed by atoms with Crippen molar-refractivity contribution in [1.82, 2.24) is 0 Å². The van der Waals surface area contributed by atoms with Crippen molar-refractivity contribution in [2.75, 3.05) is 20.8 Å². The molecule has 26 heavy (non-hydrogen) atoms. The maximum Gasteiger partial charge on any atom is 0.422 e. The lowest BCUT2D eigenvalue weighted by Gasteiger charge is -2.09. The third-order valence-electron chi connectivity index (χ3n) is 3.38. The summed E-state index contributed by atoms with van der Waals surface area (Å²) in [5.74, 6) is 0.774. The van der Waals surface area contributed by atoms with Crippen LogP contribution >= 0.6 is 0 Å². The zero-order valence-corrected chi connectivity index (χ0v) is 14.2. The normalized spacial score (nSPS) is 11.4. The number of allylic oxidation sites excluding steroid dienone is 1. The zero-order chi connectivity index (χ0) is 19.2. The monoisotopic (exact) mass is 366 g/mol. The first kappa shape index (κ1) is 19.4. The van der Waals surface area contributed by atoms with Gasteiger partial charge in [-0.2, -0.15) is 13.2 Å². The van der Waals surface area contributed by atoms with Gasteiger partial charge in [0.1, 0.15) is 17.2 Å². The van der Waals surface area contributed by atoms with Crippen LogP contribution < -0.4 is 14.2 Å². The molecule has 0 saturated carbocycles. The highest BCUT2D eigenvalue weighted by atomic mass is 19.4. The Morgan fingerprint density at radius 3 is 2.23 bits per heavy atom. The fraction of sp³-hybridized carbons (Fsp3) is 0.211. The van der Waals surface area contributed by atoms with Gasteiger partial charge in [0.2, 0.25) is 0 Å². The van der Waals surface area contributed by atoms with Crippen molar-refractivity contribution >= 4 is 11.9 Å². The van der Waals surface area contributed by atoms with Gasteiger partial charge in [-0.1, -0.05) is 18.2 Å². The van der Waals surface area contributed by atoms with Gasteiger partial charge in [0.25, 0.3) is 0 Å². The van der Waals surface area contributed by atoms with Crippen molar-refractivity contribution in [3.63, 3.8) is 0 Å². The number of ether oxygens (including phenoxy) is 3. The number of carbonyl (C=O) groups excluding carboxylic acids is 1. The van der Waals surface area contributed by atoms with Crippen LogP contribution in [0.5, 0.6) is 17.2 Å². The first-order chi connectivity index (χ1) is 12.3. The lowest BCUT2D eigenvalue weighted by atomic mass is 10.1. The quantitative estimate of drug-likeness (QED) is 0.533. The number of ketones is 1. The van der Waals surface area contributed by atoms with E-state index < -0.39 is 12.8 Å². The molecule has 0 amide bonds. The second-order valence-electron chi connectivity index (χ2n) is 5.24. The summed E-state index contributed by atoms with van der Waals surface area (Å²) in [6.45, 7) is -1.35.